The molecular formula is C18H22N4O3. The van der Waals surface area contributed by atoms with Crippen LogP contribution in [0.5, 0.6) is 0 Å². The minimum atomic E-state index is -0.283. The van der Waals surface area contributed by atoms with Crippen LogP contribution in [0.3, 0.4) is 0 Å². The Balaban J connectivity index is 1.58. The van der Waals surface area contributed by atoms with Crippen molar-refractivity contribution < 1.29 is 9.53 Å². The van der Waals surface area contributed by atoms with Crippen molar-refractivity contribution in [2.24, 2.45) is 0 Å². The lowest BCUT2D eigenvalue weighted by Gasteiger charge is -2.28. The van der Waals surface area contributed by atoms with Gasteiger partial charge in [-0.05, 0) is 12.5 Å². The van der Waals surface area contributed by atoms with E-state index in [1.165, 1.54) is 10.7 Å². The minimum Gasteiger partial charge on any atom is -0.378 e. The normalized spacial score (nSPS) is 14.4. The van der Waals surface area contributed by atoms with Crippen LogP contribution in [0.4, 0.5) is 5.69 Å². The van der Waals surface area contributed by atoms with Crippen molar-refractivity contribution in [3.8, 4) is 0 Å². The van der Waals surface area contributed by atoms with E-state index in [0.29, 0.717) is 19.8 Å². The molecule has 1 saturated heterocycles. The fourth-order valence-electron chi connectivity index (χ4n) is 2.75. The van der Waals surface area contributed by atoms with E-state index in [1.807, 2.05) is 31.2 Å². The number of morpholine rings is 1. The van der Waals surface area contributed by atoms with Crippen LogP contribution < -0.4 is 15.8 Å². The maximum atomic E-state index is 12.2. The second-order valence-corrected chi connectivity index (χ2v) is 6.07. The van der Waals surface area contributed by atoms with Crippen molar-refractivity contribution in [1.82, 2.24) is 15.1 Å². The fourth-order valence-corrected chi connectivity index (χ4v) is 2.75. The molecule has 1 aromatic heterocycles. The zero-order chi connectivity index (χ0) is 17.6. The molecular weight excluding hydrogens is 320 g/mol. The van der Waals surface area contributed by atoms with Gasteiger partial charge in [0.25, 0.3) is 5.56 Å². The summed E-state index contributed by atoms with van der Waals surface area (Å²) in [7, 11) is 0. The number of carbonyl (C=O) groups is 1. The Labute approximate surface area is 146 Å². The molecule has 1 aliphatic heterocycles. The van der Waals surface area contributed by atoms with Gasteiger partial charge in [-0.3, -0.25) is 9.59 Å². The van der Waals surface area contributed by atoms with Crippen LogP contribution >= 0.6 is 0 Å². The average molecular weight is 342 g/mol. The quantitative estimate of drug-likeness (QED) is 0.866. The molecule has 0 spiro atoms. The summed E-state index contributed by atoms with van der Waals surface area (Å²) in [5, 5.41) is 6.94. The zero-order valence-electron chi connectivity index (χ0n) is 14.3. The van der Waals surface area contributed by atoms with E-state index >= 15 is 0 Å². The second kappa shape index (κ2) is 7.94. The number of rotatable bonds is 5. The predicted octanol–water partition coefficient (Wildman–Crippen LogP) is 0.705. The molecule has 7 heteroatoms. The van der Waals surface area contributed by atoms with Crippen LogP contribution in [0.2, 0.25) is 0 Å². The van der Waals surface area contributed by atoms with Crippen molar-refractivity contribution >= 4 is 11.6 Å². The largest absolute Gasteiger partial charge is 0.378 e. The Bertz CT molecular complexity index is 797. The van der Waals surface area contributed by atoms with Crippen LogP contribution in [0.15, 0.2) is 41.3 Å². The highest BCUT2D eigenvalue weighted by Crippen LogP contribution is 2.11. The highest BCUT2D eigenvalue weighted by Gasteiger charge is 2.13. The Morgan fingerprint density at radius 1 is 1.28 bits per heavy atom. The number of hydrogen-bond acceptors (Lipinski definition) is 5. The summed E-state index contributed by atoms with van der Waals surface area (Å²) in [6.07, 6.45) is 1.63. The highest BCUT2D eigenvalue weighted by atomic mass is 16.5. The SMILES string of the molecule is Cc1cccc(CNC(=O)Cn2ncc(N3CCOCC3)cc2=O)c1. The molecule has 2 aromatic rings. The van der Waals surface area contributed by atoms with E-state index in [1.54, 1.807) is 6.20 Å². The molecule has 3 rings (SSSR count). The van der Waals surface area contributed by atoms with Crippen LogP contribution in [0.1, 0.15) is 11.1 Å². The number of nitrogens with zero attached hydrogens (tertiary/aromatic N) is 3. The van der Waals surface area contributed by atoms with Gasteiger partial charge in [0.05, 0.1) is 25.1 Å². The molecule has 1 N–H and O–H groups in total. The number of anilines is 1. The Hall–Kier alpha value is -2.67. The molecule has 7 nitrogen and oxygen atoms in total. The third-order valence-electron chi connectivity index (χ3n) is 4.10. The van der Waals surface area contributed by atoms with Crippen molar-refractivity contribution in [2.45, 2.75) is 20.0 Å². The summed E-state index contributed by atoms with van der Waals surface area (Å²) in [6.45, 7) is 5.11. The van der Waals surface area contributed by atoms with Gasteiger partial charge in [0.2, 0.25) is 5.91 Å². The van der Waals surface area contributed by atoms with Gasteiger partial charge < -0.3 is 15.0 Å². The molecule has 25 heavy (non-hydrogen) atoms. The molecule has 132 valence electrons. The summed E-state index contributed by atoms with van der Waals surface area (Å²) in [5.41, 5.74) is 2.65. The maximum Gasteiger partial charge on any atom is 0.269 e. The maximum absolute atomic E-state index is 12.2. The van der Waals surface area contributed by atoms with Crippen LogP contribution in [-0.2, 0) is 22.6 Å². The summed E-state index contributed by atoms with van der Waals surface area (Å²) in [5.74, 6) is -0.241. The Morgan fingerprint density at radius 3 is 2.80 bits per heavy atom. The van der Waals surface area contributed by atoms with Crippen molar-refractivity contribution in [2.75, 3.05) is 31.2 Å². The first-order chi connectivity index (χ1) is 12.1. The van der Waals surface area contributed by atoms with Crippen LogP contribution in [0.25, 0.3) is 0 Å². The smallest absolute Gasteiger partial charge is 0.269 e. The molecule has 1 aromatic carbocycles. The standard InChI is InChI=1S/C18H22N4O3/c1-14-3-2-4-15(9-14)11-19-17(23)13-22-18(24)10-16(12-20-22)21-5-7-25-8-6-21/h2-4,9-10,12H,5-8,11,13H2,1H3,(H,19,23). The Kier molecular flexibility index (Phi) is 5.45. The van der Waals surface area contributed by atoms with Gasteiger partial charge in [0.1, 0.15) is 6.54 Å². The molecule has 0 radical (unpaired) electrons. The van der Waals surface area contributed by atoms with E-state index < -0.39 is 0 Å². The molecule has 0 saturated carbocycles. The van der Waals surface area contributed by atoms with Gasteiger partial charge in [0.15, 0.2) is 0 Å². The van der Waals surface area contributed by atoms with Gasteiger partial charge in [-0.2, -0.15) is 5.10 Å². The number of carbonyl (C=O) groups excluding carboxylic acids is 1. The second-order valence-electron chi connectivity index (χ2n) is 6.07. The monoisotopic (exact) mass is 342 g/mol. The average Bonchev–Trinajstić information content (AvgIpc) is 2.62. The number of nitrogens with one attached hydrogen (secondary N) is 1. The first-order valence-corrected chi connectivity index (χ1v) is 8.34. The molecule has 1 amide bonds. The summed E-state index contributed by atoms with van der Waals surface area (Å²) < 4.78 is 6.48. The molecule has 0 bridgehead atoms. The number of aromatic nitrogens is 2. The van der Waals surface area contributed by atoms with Gasteiger partial charge in [-0.25, -0.2) is 4.68 Å². The summed E-state index contributed by atoms with van der Waals surface area (Å²) >= 11 is 0. The van der Waals surface area contributed by atoms with E-state index in [2.05, 4.69) is 15.3 Å². The van der Waals surface area contributed by atoms with Crippen molar-refractivity contribution in [3.63, 3.8) is 0 Å². The Morgan fingerprint density at radius 2 is 2.08 bits per heavy atom. The summed E-state index contributed by atoms with van der Waals surface area (Å²) in [6, 6.07) is 9.45. The number of benzene rings is 1. The molecule has 1 fully saturated rings. The van der Waals surface area contributed by atoms with Crippen LogP contribution in [0, 0.1) is 6.92 Å². The van der Waals surface area contributed by atoms with Gasteiger partial charge in [-0.1, -0.05) is 29.8 Å². The number of hydrogen-bond donors (Lipinski definition) is 1. The summed E-state index contributed by atoms with van der Waals surface area (Å²) in [4.78, 5) is 26.3. The highest BCUT2D eigenvalue weighted by molar-refractivity contribution is 5.75. The third kappa shape index (κ3) is 4.67. The van der Waals surface area contributed by atoms with Gasteiger partial charge in [-0.15, -0.1) is 0 Å². The molecule has 2 heterocycles. The third-order valence-corrected chi connectivity index (χ3v) is 4.10. The lowest BCUT2D eigenvalue weighted by atomic mass is 10.1. The molecule has 0 unspecified atom stereocenters. The van der Waals surface area contributed by atoms with Gasteiger partial charge in [0, 0.05) is 25.7 Å². The van der Waals surface area contributed by atoms with E-state index in [4.69, 9.17) is 4.74 Å². The van der Waals surface area contributed by atoms with E-state index in [-0.39, 0.29) is 18.0 Å². The first kappa shape index (κ1) is 17.2. The van der Waals surface area contributed by atoms with E-state index in [0.717, 1.165) is 29.9 Å². The molecule has 0 aliphatic carbocycles. The number of ether oxygens (including phenoxy) is 1. The van der Waals surface area contributed by atoms with Crippen molar-refractivity contribution in [1.29, 1.82) is 0 Å². The fraction of sp³-hybridized carbons (Fsp3) is 0.389. The predicted molar refractivity (Wildman–Crippen MR) is 94.6 cm³/mol. The van der Waals surface area contributed by atoms with Crippen molar-refractivity contribution in [3.05, 3.63) is 58.0 Å². The minimum absolute atomic E-state index is 0.0892. The molecule has 0 atom stereocenters. The lowest BCUT2D eigenvalue weighted by molar-refractivity contribution is -0.122. The zero-order valence-corrected chi connectivity index (χ0v) is 14.3. The number of aryl methyl sites for hydroxylation is 1. The van der Waals surface area contributed by atoms with E-state index in [9.17, 15) is 9.59 Å². The first-order valence-electron chi connectivity index (χ1n) is 8.34. The lowest BCUT2D eigenvalue weighted by Crippen LogP contribution is -2.38. The number of amides is 1. The van der Waals surface area contributed by atoms with Gasteiger partial charge >= 0.3 is 0 Å². The molecule has 1 aliphatic rings. The van der Waals surface area contributed by atoms with Crippen LogP contribution in [-0.4, -0.2) is 42.0 Å². The topological polar surface area (TPSA) is 76.5 Å².